The van der Waals surface area contributed by atoms with Crippen molar-refractivity contribution in [1.29, 1.82) is 0 Å². The predicted molar refractivity (Wildman–Crippen MR) is 133 cm³/mol. The molecule has 12 heteroatoms. The van der Waals surface area contributed by atoms with Gasteiger partial charge in [-0.2, -0.15) is 0 Å². The maximum absolute atomic E-state index is 12.9. The summed E-state index contributed by atoms with van der Waals surface area (Å²) in [5.41, 5.74) is 0.741. The van der Waals surface area contributed by atoms with Gasteiger partial charge >= 0.3 is 5.69 Å². The molecule has 0 saturated carbocycles. The number of thioether (sulfide) groups is 1. The SMILES string of the molecule is CCCCn1c(CSc2nnc(-c3ccco3)n2N)nc2c1c(=O)[nH]c(=O)n2Cc1ccccc1. The summed E-state index contributed by atoms with van der Waals surface area (Å²) in [6, 6.07) is 13.1. The summed E-state index contributed by atoms with van der Waals surface area (Å²) < 4.78 is 10.1. The van der Waals surface area contributed by atoms with Gasteiger partial charge in [-0.3, -0.25) is 14.3 Å². The van der Waals surface area contributed by atoms with Crippen LogP contribution in [0, 0.1) is 0 Å². The number of furan rings is 1. The fraction of sp³-hybridized carbons (Fsp3) is 0.261. The molecule has 0 aliphatic heterocycles. The van der Waals surface area contributed by atoms with Crippen molar-refractivity contribution in [3.63, 3.8) is 0 Å². The molecule has 35 heavy (non-hydrogen) atoms. The second-order valence-corrected chi connectivity index (χ2v) is 8.92. The maximum Gasteiger partial charge on any atom is 0.330 e. The minimum Gasteiger partial charge on any atom is -0.461 e. The second-order valence-electron chi connectivity index (χ2n) is 7.98. The molecule has 0 spiro atoms. The van der Waals surface area contributed by atoms with Gasteiger partial charge in [-0.15, -0.1) is 10.2 Å². The number of imidazole rings is 1. The average molecular weight is 493 g/mol. The smallest absolute Gasteiger partial charge is 0.330 e. The molecular formula is C23H24N8O3S. The van der Waals surface area contributed by atoms with Crippen molar-refractivity contribution in [3.8, 4) is 11.6 Å². The summed E-state index contributed by atoms with van der Waals surface area (Å²) in [5, 5.41) is 8.76. The number of hydrogen-bond donors (Lipinski definition) is 2. The van der Waals surface area contributed by atoms with Crippen LogP contribution in [-0.2, 0) is 18.8 Å². The Balaban J connectivity index is 1.53. The van der Waals surface area contributed by atoms with E-state index >= 15 is 0 Å². The number of aromatic amines is 1. The molecule has 0 bridgehead atoms. The molecule has 0 unspecified atom stereocenters. The Bertz CT molecular complexity index is 1560. The van der Waals surface area contributed by atoms with E-state index in [1.807, 2.05) is 34.9 Å². The molecule has 11 nitrogen and oxygen atoms in total. The molecule has 0 fully saturated rings. The van der Waals surface area contributed by atoms with Gasteiger partial charge in [0, 0.05) is 6.54 Å². The normalized spacial score (nSPS) is 11.5. The third kappa shape index (κ3) is 4.39. The predicted octanol–water partition coefficient (Wildman–Crippen LogP) is 2.59. The Morgan fingerprint density at radius 2 is 1.91 bits per heavy atom. The number of nitrogens with one attached hydrogen (secondary N) is 1. The van der Waals surface area contributed by atoms with Gasteiger partial charge in [0.2, 0.25) is 11.0 Å². The number of fused-ring (bicyclic) bond motifs is 1. The first-order valence-corrected chi connectivity index (χ1v) is 12.2. The monoisotopic (exact) mass is 492 g/mol. The number of benzene rings is 1. The van der Waals surface area contributed by atoms with Crippen LogP contribution < -0.4 is 17.1 Å². The standard InChI is InChI=1S/C23H24N8O3S/c1-2-3-11-29-17(14-35-23-28-27-19(31(23)24)16-10-7-12-34-16)25-20-18(29)21(32)26-22(33)30(20)13-15-8-5-4-6-9-15/h4-10,12H,2-3,11,13-14,24H2,1H3,(H,26,32,33). The van der Waals surface area contributed by atoms with E-state index in [0.29, 0.717) is 52.6 Å². The highest BCUT2D eigenvalue weighted by Gasteiger charge is 2.20. The van der Waals surface area contributed by atoms with E-state index in [4.69, 9.17) is 15.2 Å². The number of nitrogen functional groups attached to an aromatic ring is 1. The van der Waals surface area contributed by atoms with E-state index in [-0.39, 0.29) is 0 Å². The van der Waals surface area contributed by atoms with Crippen molar-refractivity contribution in [2.24, 2.45) is 0 Å². The highest BCUT2D eigenvalue weighted by atomic mass is 32.2. The van der Waals surface area contributed by atoms with Crippen LogP contribution in [0.4, 0.5) is 0 Å². The summed E-state index contributed by atoms with van der Waals surface area (Å²) in [5.74, 6) is 8.14. The highest BCUT2D eigenvalue weighted by Crippen LogP contribution is 2.26. The molecular weight excluding hydrogens is 468 g/mol. The number of rotatable bonds is 9. The molecule has 4 heterocycles. The number of H-pyrrole nitrogens is 1. The molecule has 0 aliphatic rings. The van der Waals surface area contributed by atoms with Gasteiger partial charge in [-0.05, 0) is 24.1 Å². The maximum atomic E-state index is 12.9. The Morgan fingerprint density at radius 3 is 2.66 bits per heavy atom. The zero-order chi connectivity index (χ0) is 24.4. The van der Waals surface area contributed by atoms with Crippen molar-refractivity contribution in [2.45, 2.75) is 43.8 Å². The number of nitrogens with zero attached hydrogens (tertiary/aromatic N) is 6. The number of nitrogens with two attached hydrogens (primary N) is 1. The van der Waals surface area contributed by atoms with Gasteiger partial charge < -0.3 is 14.8 Å². The Morgan fingerprint density at radius 1 is 1.09 bits per heavy atom. The lowest BCUT2D eigenvalue weighted by Gasteiger charge is -2.09. The van der Waals surface area contributed by atoms with E-state index in [1.165, 1.54) is 21.0 Å². The molecule has 180 valence electrons. The molecule has 0 radical (unpaired) electrons. The van der Waals surface area contributed by atoms with Crippen LogP contribution in [0.5, 0.6) is 0 Å². The van der Waals surface area contributed by atoms with Crippen LogP contribution in [0.3, 0.4) is 0 Å². The third-order valence-electron chi connectivity index (χ3n) is 5.62. The van der Waals surface area contributed by atoms with Crippen LogP contribution in [0.1, 0.15) is 31.2 Å². The minimum atomic E-state index is -0.490. The van der Waals surface area contributed by atoms with E-state index < -0.39 is 11.2 Å². The molecule has 5 aromatic rings. The quantitative estimate of drug-likeness (QED) is 0.236. The van der Waals surface area contributed by atoms with Crippen LogP contribution in [0.25, 0.3) is 22.7 Å². The van der Waals surface area contributed by atoms with E-state index in [0.717, 1.165) is 18.4 Å². The summed E-state index contributed by atoms with van der Waals surface area (Å²) >= 11 is 1.34. The van der Waals surface area contributed by atoms with Crippen molar-refractivity contribution < 1.29 is 4.42 Å². The number of aryl methyl sites for hydroxylation is 1. The fourth-order valence-electron chi connectivity index (χ4n) is 3.88. The Hall–Kier alpha value is -4.06. The summed E-state index contributed by atoms with van der Waals surface area (Å²) in [7, 11) is 0. The van der Waals surface area contributed by atoms with Crippen molar-refractivity contribution >= 4 is 22.9 Å². The topological polar surface area (TPSA) is 143 Å². The van der Waals surface area contributed by atoms with Gasteiger partial charge in [0.25, 0.3) is 5.56 Å². The van der Waals surface area contributed by atoms with E-state index in [2.05, 4.69) is 22.1 Å². The molecule has 4 aromatic heterocycles. The first-order valence-electron chi connectivity index (χ1n) is 11.2. The molecule has 0 atom stereocenters. The first kappa shape index (κ1) is 22.7. The lowest BCUT2D eigenvalue weighted by molar-refractivity contribution is 0.574. The summed E-state index contributed by atoms with van der Waals surface area (Å²) in [6.07, 6.45) is 3.34. The molecule has 0 saturated heterocycles. The van der Waals surface area contributed by atoms with Crippen LogP contribution >= 0.6 is 11.8 Å². The number of aromatic nitrogens is 7. The summed E-state index contributed by atoms with van der Waals surface area (Å²) in [4.78, 5) is 32.8. The number of unbranched alkanes of at least 4 members (excludes halogenated alkanes) is 1. The average Bonchev–Trinajstić information content (AvgIpc) is 3.59. The van der Waals surface area contributed by atoms with Crippen LogP contribution in [0.15, 0.2) is 67.9 Å². The van der Waals surface area contributed by atoms with Gasteiger partial charge in [-0.25, -0.2) is 14.5 Å². The Labute approximate surface area is 203 Å². The zero-order valence-electron chi connectivity index (χ0n) is 19.0. The zero-order valence-corrected chi connectivity index (χ0v) is 19.9. The van der Waals surface area contributed by atoms with E-state index in [1.54, 1.807) is 18.4 Å². The summed E-state index contributed by atoms with van der Waals surface area (Å²) in [6.45, 7) is 2.98. The molecule has 5 rings (SSSR count). The van der Waals surface area contributed by atoms with Gasteiger partial charge in [0.05, 0.1) is 18.6 Å². The van der Waals surface area contributed by atoms with E-state index in [9.17, 15) is 9.59 Å². The second kappa shape index (κ2) is 9.66. The first-order chi connectivity index (χ1) is 17.1. The lowest BCUT2D eigenvalue weighted by atomic mass is 10.2. The molecule has 0 amide bonds. The molecule has 3 N–H and O–H groups in total. The largest absolute Gasteiger partial charge is 0.461 e. The van der Waals surface area contributed by atoms with Crippen LogP contribution in [0.2, 0.25) is 0 Å². The molecule has 0 aliphatic carbocycles. The van der Waals surface area contributed by atoms with Gasteiger partial charge in [0.1, 0.15) is 5.82 Å². The minimum absolute atomic E-state index is 0.300. The molecule has 1 aromatic carbocycles. The third-order valence-corrected chi connectivity index (χ3v) is 6.56. The van der Waals surface area contributed by atoms with Gasteiger partial charge in [-0.1, -0.05) is 55.4 Å². The fourth-order valence-corrected chi connectivity index (χ4v) is 4.68. The van der Waals surface area contributed by atoms with Crippen LogP contribution in [-0.4, -0.2) is 34.0 Å². The Kier molecular flexibility index (Phi) is 6.27. The van der Waals surface area contributed by atoms with Crippen molar-refractivity contribution in [2.75, 3.05) is 5.84 Å². The highest BCUT2D eigenvalue weighted by molar-refractivity contribution is 7.98. The lowest BCUT2D eigenvalue weighted by Crippen LogP contribution is -2.31. The van der Waals surface area contributed by atoms with Crippen molar-refractivity contribution in [1.82, 2.24) is 34.0 Å². The van der Waals surface area contributed by atoms with Crippen molar-refractivity contribution in [3.05, 3.63) is 81.0 Å². The van der Waals surface area contributed by atoms with Gasteiger partial charge in [0.15, 0.2) is 16.9 Å². The number of hydrogen-bond acceptors (Lipinski definition) is 8.